The highest BCUT2D eigenvalue weighted by Gasteiger charge is 2.30. The lowest BCUT2D eigenvalue weighted by atomic mass is 10.0. The Morgan fingerprint density at radius 2 is 1.74 bits per heavy atom. The molecule has 4 rings (SSSR count). The molecule has 1 amide bonds. The second-order valence-electron chi connectivity index (χ2n) is 8.45. The predicted octanol–water partition coefficient (Wildman–Crippen LogP) is 3.50. The molecular formula is C25H33N3O3. The van der Waals surface area contributed by atoms with Gasteiger partial charge >= 0.3 is 0 Å². The number of benzene rings is 2. The van der Waals surface area contributed by atoms with Gasteiger partial charge < -0.3 is 19.3 Å². The second kappa shape index (κ2) is 9.60. The lowest BCUT2D eigenvalue weighted by Gasteiger charge is -2.37. The Hall–Kier alpha value is -2.73. The quantitative estimate of drug-likeness (QED) is 0.712. The standard InChI is InChI=1S/C25H33N3O3/c1-19-6-4-7-21(16-19)26-12-14-27(15-13-26)25(29)18-28-11-5-8-22(28)20-9-10-23(30-2)24(17-20)31-3/h4,6-7,9-10,16-17,22H,5,8,11-15,18H2,1-3H3. The highest BCUT2D eigenvalue weighted by atomic mass is 16.5. The van der Waals surface area contributed by atoms with E-state index in [0.29, 0.717) is 6.54 Å². The van der Waals surface area contributed by atoms with Gasteiger partial charge in [0, 0.05) is 37.9 Å². The minimum atomic E-state index is 0.233. The van der Waals surface area contributed by atoms with Crippen molar-refractivity contribution in [1.82, 2.24) is 9.80 Å². The van der Waals surface area contributed by atoms with Crippen LogP contribution in [0.25, 0.3) is 0 Å². The van der Waals surface area contributed by atoms with Crippen molar-refractivity contribution in [2.45, 2.75) is 25.8 Å². The number of likely N-dealkylation sites (tertiary alicyclic amines) is 1. The van der Waals surface area contributed by atoms with Crippen LogP contribution in [0.15, 0.2) is 42.5 Å². The zero-order chi connectivity index (χ0) is 21.8. The maximum Gasteiger partial charge on any atom is 0.236 e. The predicted molar refractivity (Wildman–Crippen MR) is 123 cm³/mol. The van der Waals surface area contributed by atoms with Gasteiger partial charge in [-0.2, -0.15) is 0 Å². The zero-order valence-corrected chi connectivity index (χ0v) is 18.8. The van der Waals surface area contributed by atoms with Crippen molar-refractivity contribution in [3.63, 3.8) is 0 Å². The molecule has 2 fully saturated rings. The van der Waals surface area contributed by atoms with Crippen LogP contribution in [0.5, 0.6) is 11.5 Å². The summed E-state index contributed by atoms with van der Waals surface area (Å²) in [6, 6.07) is 14.9. The number of anilines is 1. The van der Waals surface area contributed by atoms with Gasteiger partial charge in [-0.3, -0.25) is 9.69 Å². The van der Waals surface area contributed by atoms with Crippen molar-refractivity contribution in [2.24, 2.45) is 0 Å². The summed E-state index contributed by atoms with van der Waals surface area (Å²) < 4.78 is 10.8. The maximum absolute atomic E-state index is 13.1. The molecule has 166 valence electrons. The number of rotatable bonds is 6. The van der Waals surface area contributed by atoms with Gasteiger partial charge in [0.2, 0.25) is 5.91 Å². The largest absolute Gasteiger partial charge is 0.493 e. The first kappa shape index (κ1) is 21.5. The molecule has 0 N–H and O–H groups in total. The lowest BCUT2D eigenvalue weighted by molar-refractivity contribution is -0.133. The van der Waals surface area contributed by atoms with Crippen molar-refractivity contribution >= 4 is 11.6 Å². The lowest BCUT2D eigenvalue weighted by Crippen LogP contribution is -2.51. The molecule has 2 aromatic rings. The first-order valence-corrected chi connectivity index (χ1v) is 11.1. The molecule has 0 aromatic heterocycles. The third kappa shape index (κ3) is 4.79. The van der Waals surface area contributed by atoms with Crippen molar-refractivity contribution < 1.29 is 14.3 Å². The SMILES string of the molecule is COc1ccc(C2CCCN2CC(=O)N2CCN(c3cccc(C)c3)CC2)cc1OC. The average molecular weight is 424 g/mol. The summed E-state index contributed by atoms with van der Waals surface area (Å²) in [5.41, 5.74) is 3.71. The summed E-state index contributed by atoms with van der Waals surface area (Å²) in [6.07, 6.45) is 2.16. The average Bonchev–Trinajstić information content (AvgIpc) is 3.26. The van der Waals surface area contributed by atoms with E-state index in [1.54, 1.807) is 14.2 Å². The normalized spacial score (nSPS) is 19.5. The molecule has 1 unspecified atom stereocenters. The Bertz CT molecular complexity index is 909. The van der Waals surface area contributed by atoms with Crippen molar-refractivity contribution in [1.29, 1.82) is 0 Å². The van der Waals surface area contributed by atoms with Crippen LogP contribution in [0.2, 0.25) is 0 Å². The highest BCUT2D eigenvalue weighted by molar-refractivity contribution is 5.78. The van der Waals surface area contributed by atoms with E-state index < -0.39 is 0 Å². The molecule has 6 nitrogen and oxygen atoms in total. The summed E-state index contributed by atoms with van der Waals surface area (Å²) in [5, 5.41) is 0. The molecule has 2 aliphatic rings. The van der Waals surface area contributed by atoms with Crippen LogP contribution in [0.4, 0.5) is 5.69 Å². The van der Waals surface area contributed by atoms with Gasteiger partial charge in [0.1, 0.15) is 0 Å². The van der Waals surface area contributed by atoms with E-state index in [0.717, 1.165) is 57.1 Å². The number of hydrogen-bond acceptors (Lipinski definition) is 5. The molecule has 2 saturated heterocycles. The molecule has 1 atom stereocenters. The number of aryl methyl sites for hydroxylation is 1. The zero-order valence-electron chi connectivity index (χ0n) is 18.8. The highest BCUT2D eigenvalue weighted by Crippen LogP contribution is 2.36. The Morgan fingerprint density at radius 1 is 0.968 bits per heavy atom. The number of carbonyl (C=O) groups is 1. The first-order chi connectivity index (χ1) is 15.1. The molecule has 0 radical (unpaired) electrons. The van der Waals surface area contributed by atoms with E-state index in [2.05, 4.69) is 47.1 Å². The van der Waals surface area contributed by atoms with Crippen LogP contribution >= 0.6 is 0 Å². The molecule has 2 heterocycles. The summed E-state index contributed by atoms with van der Waals surface area (Å²) in [4.78, 5) is 19.8. The van der Waals surface area contributed by atoms with E-state index in [9.17, 15) is 4.79 Å². The van der Waals surface area contributed by atoms with Crippen LogP contribution < -0.4 is 14.4 Å². The maximum atomic E-state index is 13.1. The molecule has 31 heavy (non-hydrogen) atoms. The van der Waals surface area contributed by atoms with Gasteiger partial charge in [0.25, 0.3) is 0 Å². The van der Waals surface area contributed by atoms with Crippen LogP contribution in [-0.4, -0.2) is 69.2 Å². The topological polar surface area (TPSA) is 45.2 Å². The third-order valence-corrected chi connectivity index (χ3v) is 6.49. The van der Waals surface area contributed by atoms with Gasteiger partial charge in [-0.25, -0.2) is 0 Å². The summed E-state index contributed by atoms with van der Waals surface area (Å²) in [5.74, 6) is 1.71. The smallest absolute Gasteiger partial charge is 0.236 e. The summed E-state index contributed by atoms with van der Waals surface area (Å²) in [7, 11) is 3.31. The number of amides is 1. The van der Waals surface area contributed by atoms with Crippen molar-refractivity contribution in [3.8, 4) is 11.5 Å². The number of methoxy groups -OCH3 is 2. The molecule has 0 bridgehead atoms. The van der Waals surface area contributed by atoms with Crippen molar-refractivity contribution in [3.05, 3.63) is 53.6 Å². The Labute approximate surface area is 185 Å². The van der Waals surface area contributed by atoms with Gasteiger partial charge in [-0.15, -0.1) is 0 Å². The van der Waals surface area contributed by atoms with Crippen LogP contribution in [0.1, 0.15) is 30.0 Å². The third-order valence-electron chi connectivity index (χ3n) is 6.49. The number of hydrogen-bond donors (Lipinski definition) is 0. The molecule has 6 heteroatoms. The molecule has 0 saturated carbocycles. The molecule has 0 spiro atoms. The fourth-order valence-corrected chi connectivity index (χ4v) is 4.77. The van der Waals surface area contributed by atoms with Crippen molar-refractivity contribution in [2.75, 3.05) is 58.4 Å². The minimum absolute atomic E-state index is 0.233. The minimum Gasteiger partial charge on any atom is -0.493 e. The first-order valence-electron chi connectivity index (χ1n) is 11.1. The van der Waals surface area contributed by atoms with Gasteiger partial charge in [-0.05, 0) is 61.7 Å². The van der Waals surface area contributed by atoms with Gasteiger partial charge in [-0.1, -0.05) is 18.2 Å². The molecule has 0 aliphatic carbocycles. The van der Waals surface area contributed by atoms with E-state index in [-0.39, 0.29) is 11.9 Å². The Kier molecular flexibility index (Phi) is 6.66. The summed E-state index contributed by atoms with van der Waals surface area (Å²) in [6.45, 7) is 6.87. The Morgan fingerprint density at radius 3 is 2.45 bits per heavy atom. The van der Waals surface area contributed by atoms with Crippen LogP contribution in [-0.2, 0) is 4.79 Å². The van der Waals surface area contributed by atoms with E-state index >= 15 is 0 Å². The van der Waals surface area contributed by atoms with E-state index in [1.165, 1.54) is 16.8 Å². The molecule has 2 aromatic carbocycles. The fraction of sp³-hybridized carbons (Fsp3) is 0.480. The molecule has 2 aliphatic heterocycles. The second-order valence-corrected chi connectivity index (χ2v) is 8.45. The fourth-order valence-electron chi connectivity index (χ4n) is 4.77. The van der Waals surface area contributed by atoms with E-state index in [1.807, 2.05) is 17.0 Å². The summed E-state index contributed by atoms with van der Waals surface area (Å²) >= 11 is 0. The number of carbonyl (C=O) groups excluding carboxylic acids is 1. The monoisotopic (exact) mass is 423 g/mol. The van der Waals surface area contributed by atoms with Gasteiger partial charge in [0.15, 0.2) is 11.5 Å². The van der Waals surface area contributed by atoms with Crippen LogP contribution in [0.3, 0.4) is 0 Å². The number of ether oxygens (including phenoxy) is 2. The Balaban J connectivity index is 1.36. The number of nitrogens with zero attached hydrogens (tertiary/aromatic N) is 3. The van der Waals surface area contributed by atoms with Crippen LogP contribution in [0, 0.1) is 6.92 Å². The van der Waals surface area contributed by atoms with Gasteiger partial charge in [0.05, 0.1) is 20.8 Å². The number of piperazine rings is 1. The molecular weight excluding hydrogens is 390 g/mol. The van der Waals surface area contributed by atoms with E-state index in [4.69, 9.17) is 9.47 Å².